The number of amides is 1. The number of hydrogen-bond acceptors (Lipinski definition) is 2. The highest BCUT2D eigenvalue weighted by Gasteiger charge is 2.24. The number of halogens is 2. The molecule has 1 amide bonds. The summed E-state index contributed by atoms with van der Waals surface area (Å²) in [5.74, 6) is 1.09. The van der Waals surface area contributed by atoms with Gasteiger partial charge in [-0.1, -0.05) is 30.1 Å². The molecule has 5 heteroatoms. The number of carbonyl (C=O) groups is 1. The number of carbonyl (C=O) groups excluding carboxylic acids is 1. The largest absolute Gasteiger partial charge is 0.326 e. The van der Waals surface area contributed by atoms with E-state index < -0.39 is 0 Å². The van der Waals surface area contributed by atoms with E-state index in [-0.39, 0.29) is 5.91 Å². The van der Waals surface area contributed by atoms with E-state index in [9.17, 15) is 4.79 Å². The van der Waals surface area contributed by atoms with Crippen LogP contribution in [0.25, 0.3) is 0 Å². The monoisotopic (exact) mass is 328 g/mol. The van der Waals surface area contributed by atoms with Crippen molar-refractivity contribution in [3.63, 3.8) is 0 Å². The summed E-state index contributed by atoms with van der Waals surface area (Å²) >= 11 is 11.8. The third kappa shape index (κ3) is 4.87. The molecule has 1 aromatic rings. The highest BCUT2D eigenvalue weighted by Crippen LogP contribution is 2.28. The van der Waals surface area contributed by atoms with E-state index in [2.05, 4.69) is 24.2 Å². The second-order valence-corrected chi connectivity index (χ2v) is 6.81. The van der Waals surface area contributed by atoms with E-state index in [1.807, 2.05) is 0 Å². The normalized spacial score (nSPS) is 18.5. The second-order valence-electron chi connectivity index (χ2n) is 6.00. The lowest BCUT2D eigenvalue weighted by molar-refractivity contribution is -0.117. The molecule has 0 radical (unpaired) electrons. The maximum Gasteiger partial charge on any atom is 0.224 e. The number of nitrogens with zero attached hydrogens (tertiary/aromatic N) is 1. The van der Waals surface area contributed by atoms with Gasteiger partial charge in [-0.2, -0.15) is 0 Å². The molecule has 0 aliphatic carbocycles. The Morgan fingerprint density at radius 3 is 2.62 bits per heavy atom. The van der Waals surface area contributed by atoms with Crippen LogP contribution in [0.2, 0.25) is 10.0 Å². The molecule has 2 rings (SSSR count). The molecule has 1 fully saturated rings. The fourth-order valence-corrected chi connectivity index (χ4v) is 3.14. The van der Waals surface area contributed by atoms with E-state index in [1.54, 1.807) is 18.2 Å². The van der Waals surface area contributed by atoms with Crippen molar-refractivity contribution < 1.29 is 4.79 Å². The molecule has 1 aliphatic rings. The zero-order valence-corrected chi connectivity index (χ0v) is 14.0. The molecule has 21 heavy (non-hydrogen) atoms. The molecule has 1 saturated heterocycles. The van der Waals surface area contributed by atoms with Crippen LogP contribution in [0.3, 0.4) is 0 Å². The Kier molecular flexibility index (Phi) is 5.91. The van der Waals surface area contributed by atoms with Crippen LogP contribution in [0.15, 0.2) is 18.2 Å². The van der Waals surface area contributed by atoms with Crippen LogP contribution in [0.1, 0.15) is 26.2 Å². The van der Waals surface area contributed by atoms with Crippen molar-refractivity contribution in [2.75, 3.05) is 25.5 Å². The molecule has 1 aliphatic heterocycles. The highest BCUT2D eigenvalue weighted by molar-refractivity contribution is 6.42. The van der Waals surface area contributed by atoms with Gasteiger partial charge in [-0.15, -0.1) is 0 Å². The van der Waals surface area contributed by atoms with Gasteiger partial charge in [0.05, 0.1) is 10.0 Å². The molecule has 0 spiro atoms. The maximum absolute atomic E-state index is 12.1. The lowest BCUT2D eigenvalue weighted by Crippen LogP contribution is -2.33. The fraction of sp³-hybridized carbons (Fsp3) is 0.562. The Morgan fingerprint density at radius 1 is 1.33 bits per heavy atom. The Bertz CT molecular complexity index is 499. The van der Waals surface area contributed by atoms with Gasteiger partial charge in [0.2, 0.25) is 5.91 Å². The van der Waals surface area contributed by atoms with Gasteiger partial charge < -0.3 is 10.2 Å². The lowest BCUT2D eigenvalue weighted by atomic mass is 9.83. The van der Waals surface area contributed by atoms with Crippen LogP contribution >= 0.6 is 23.2 Å². The molecule has 0 aromatic heterocycles. The molecule has 1 atom stereocenters. The summed E-state index contributed by atoms with van der Waals surface area (Å²) in [5, 5.41) is 3.85. The van der Waals surface area contributed by atoms with Crippen molar-refractivity contribution in [2.45, 2.75) is 26.2 Å². The summed E-state index contributed by atoms with van der Waals surface area (Å²) in [4.78, 5) is 14.5. The average Bonchev–Trinajstić information content (AvgIpc) is 2.43. The van der Waals surface area contributed by atoms with Crippen molar-refractivity contribution in [3.05, 3.63) is 28.2 Å². The molecular weight excluding hydrogens is 307 g/mol. The Labute approximate surface area is 136 Å². The van der Waals surface area contributed by atoms with E-state index in [0.717, 1.165) is 13.1 Å². The van der Waals surface area contributed by atoms with Crippen molar-refractivity contribution in [1.29, 1.82) is 0 Å². The van der Waals surface area contributed by atoms with Crippen molar-refractivity contribution in [3.8, 4) is 0 Å². The zero-order valence-electron chi connectivity index (χ0n) is 12.5. The summed E-state index contributed by atoms with van der Waals surface area (Å²) < 4.78 is 0. The Morgan fingerprint density at radius 2 is 2.00 bits per heavy atom. The van der Waals surface area contributed by atoms with E-state index >= 15 is 0 Å². The van der Waals surface area contributed by atoms with Gasteiger partial charge >= 0.3 is 0 Å². The summed E-state index contributed by atoms with van der Waals surface area (Å²) in [6, 6.07) is 5.15. The molecule has 1 N–H and O–H groups in total. The predicted molar refractivity (Wildman–Crippen MR) is 89.1 cm³/mol. The predicted octanol–water partition coefficient (Wildman–Crippen LogP) is 4.30. The first-order valence-electron chi connectivity index (χ1n) is 7.39. The van der Waals surface area contributed by atoms with Gasteiger partial charge in [0.25, 0.3) is 0 Å². The highest BCUT2D eigenvalue weighted by atomic mass is 35.5. The minimum Gasteiger partial charge on any atom is -0.326 e. The standard InChI is InChI=1S/C16H22Cl2N2O/c1-11(12-5-7-20(2)8-6-12)9-16(21)19-13-3-4-14(17)15(18)10-13/h3-4,10-12H,5-9H2,1-2H3,(H,19,21). The molecule has 1 aromatic carbocycles. The van der Waals surface area contributed by atoms with E-state index in [1.165, 1.54) is 12.8 Å². The number of nitrogens with one attached hydrogen (secondary N) is 1. The second kappa shape index (κ2) is 7.48. The van der Waals surface area contributed by atoms with Gasteiger partial charge in [-0.3, -0.25) is 4.79 Å². The molecular formula is C16H22Cl2N2O. The van der Waals surface area contributed by atoms with Crippen LogP contribution in [0.5, 0.6) is 0 Å². The number of anilines is 1. The summed E-state index contributed by atoms with van der Waals surface area (Å²) in [5.41, 5.74) is 0.699. The number of likely N-dealkylation sites (tertiary alicyclic amines) is 1. The van der Waals surface area contributed by atoms with Crippen LogP contribution in [0, 0.1) is 11.8 Å². The zero-order chi connectivity index (χ0) is 15.4. The molecule has 116 valence electrons. The SMILES string of the molecule is CC(CC(=O)Nc1ccc(Cl)c(Cl)c1)C1CCN(C)CC1. The quantitative estimate of drug-likeness (QED) is 0.893. The average molecular weight is 329 g/mol. The van der Waals surface area contributed by atoms with Gasteiger partial charge in [0, 0.05) is 12.1 Å². The van der Waals surface area contributed by atoms with Gasteiger partial charge in [-0.25, -0.2) is 0 Å². The van der Waals surface area contributed by atoms with Gasteiger partial charge in [0.1, 0.15) is 0 Å². The van der Waals surface area contributed by atoms with Gasteiger partial charge in [-0.05, 0) is 63.0 Å². The number of rotatable bonds is 4. The third-order valence-corrected chi connectivity index (χ3v) is 5.02. The Balaban J connectivity index is 1.84. The van der Waals surface area contributed by atoms with E-state index in [0.29, 0.717) is 34.0 Å². The molecule has 1 unspecified atom stereocenters. The smallest absolute Gasteiger partial charge is 0.224 e. The van der Waals surface area contributed by atoms with Crippen molar-refractivity contribution >= 4 is 34.8 Å². The minimum atomic E-state index is 0.0415. The third-order valence-electron chi connectivity index (χ3n) is 4.28. The first-order chi connectivity index (χ1) is 9.95. The fourth-order valence-electron chi connectivity index (χ4n) is 2.84. The number of piperidine rings is 1. The van der Waals surface area contributed by atoms with Crippen LogP contribution in [-0.4, -0.2) is 30.9 Å². The number of hydrogen-bond donors (Lipinski definition) is 1. The van der Waals surface area contributed by atoms with Crippen LogP contribution < -0.4 is 5.32 Å². The van der Waals surface area contributed by atoms with Crippen molar-refractivity contribution in [2.24, 2.45) is 11.8 Å². The first kappa shape index (κ1) is 16.6. The summed E-state index contributed by atoms with van der Waals surface area (Å²) in [7, 11) is 2.15. The molecule has 0 bridgehead atoms. The molecule has 3 nitrogen and oxygen atoms in total. The topological polar surface area (TPSA) is 32.3 Å². The molecule has 1 heterocycles. The maximum atomic E-state index is 12.1. The van der Waals surface area contributed by atoms with Crippen LogP contribution in [-0.2, 0) is 4.79 Å². The Hall–Kier alpha value is -0.770. The van der Waals surface area contributed by atoms with E-state index in [4.69, 9.17) is 23.2 Å². The van der Waals surface area contributed by atoms with Crippen molar-refractivity contribution in [1.82, 2.24) is 4.90 Å². The minimum absolute atomic E-state index is 0.0415. The van der Waals surface area contributed by atoms with Gasteiger partial charge in [0.15, 0.2) is 0 Å². The van der Waals surface area contributed by atoms with Crippen LogP contribution in [0.4, 0.5) is 5.69 Å². The summed E-state index contributed by atoms with van der Waals surface area (Å²) in [6.07, 6.45) is 2.91. The lowest BCUT2D eigenvalue weighted by Gasteiger charge is -2.32. The number of benzene rings is 1. The first-order valence-corrected chi connectivity index (χ1v) is 8.14. The molecule has 0 saturated carbocycles. The summed E-state index contributed by atoms with van der Waals surface area (Å²) in [6.45, 7) is 4.43.